The van der Waals surface area contributed by atoms with E-state index in [2.05, 4.69) is 10.6 Å². The first kappa shape index (κ1) is 20.1. The van der Waals surface area contributed by atoms with E-state index < -0.39 is 0 Å². The standard InChI is InChI=1S/C23H20N2O6/c1-28-19-12-17(25-23(27)15-8-9-18-21(10-15)31-13-30-18)20(29-2)11-16(19)24-22(26)14-6-4-3-5-7-14/h3-12H,13H2,1-2H3,(H,24,26)(H,25,27). The van der Waals surface area contributed by atoms with Crippen LogP contribution in [-0.4, -0.2) is 32.8 Å². The van der Waals surface area contributed by atoms with Gasteiger partial charge in [-0.2, -0.15) is 0 Å². The Kier molecular flexibility index (Phi) is 5.61. The van der Waals surface area contributed by atoms with Gasteiger partial charge in [0.1, 0.15) is 11.5 Å². The van der Waals surface area contributed by atoms with E-state index in [1.54, 1.807) is 54.6 Å². The predicted octanol–water partition coefficient (Wildman–Crippen LogP) is 3.94. The van der Waals surface area contributed by atoms with Gasteiger partial charge in [0.15, 0.2) is 11.5 Å². The average Bonchev–Trinajstić information content (AvgIpc) is 3.28. The van der Waals surface area contributed by atoms with E-state index in [0.717, 1.165) is 0 Å². The second-order valence-electron chi connectivity index (χ2n) is 6.60. The maximum Gasteiger partial charge on any atom is 0.255 e. The Morgan fingerprint density at radius 1 is 0.742 bits per heavy atom. The quantitative estimate of drug-likeness (QED) is 0.627. The molecule has 4 rings (SSSR count). The van der Waals surface area contributed by atoms with Crippen molar-refractivity contribution in [1.29, 1.82) is 0 Å². The smallest absolute Gasteiger partial charge is 0.255 e. The first-order valence-corrected chi connectivity index (χ1v) is 9.42. The number of carbonyl (C=O) groups is 2. The van der Waals surface area contributed by atoms with Crippen molar-refractivity contribution in [2.75, 3.05) is 31.6 Å². The Labute approximate surface area is 178 Å². The third-order valence-electron chi connectivity index (χ3n) is 4.69. The van der Waals surface area contributed by atoms with Crippen LogP contribution in [-0.2, 0) is 0 Å². The van der Waals surface area contributed by atoms with Crippen molar-refractivity contribution in [3.05, 3.63) is 71.8 Å². The third-order valence-corrected chi connectivity index (χ3v) is 4.69. The molecule has 158 valence electrons. The number of anilines is 2. The fraction of sp³-hybridized carbons (Fsp3) is 0.130. The van der Waals surface area contributed by atoms with Gasteiger partial charge in [-0.3, -0.25) is 9.59 Å². The Balaban J connectivity index is 1.58. The van der Waals surface area contributed by atoms with E-state index in [-0.39, 0.29) is 18.6 Å². The zero-order chi connectivity index (χ0) is 21.8. The van der Waals surface area contributed by atoms with Gasteiger partial charge in [0.25, 0.3) is 11.8 Å². The number of hydrogen-bond acceptors (Lipinski definition) is 6. The number of fused-ring (bicyclic) bond motifs is 1. The molecule has 2 N–H and O–H groups in total. The zero-order valence-corrected chi connectivity index (χ0v) is 16.9. The SMILES string of the molecule is COc1cc(NC(=O)c2ccc3c(c2)OCO3)c(OC)cc1NC(=O)c1ccccc1. The van der Waals surface area contributed by atoms with Crippen LogP contribution in [0.2, 0.25) is 0 Å². The molecule has 3 aromatic carbocycles. The van der Waals surface area contributed by atoms with Gasteiger partial charge in [-0.25, -0.2) is 0 Å². The minimum absolute atomic E-state index is 0.127. The molecule has 0 aliphatic carbocycles. The summed E-state index contributed by atoms with van der Waals surface area (Å²) in [4.78, 5) is 25.3. The van der Waals surface area contributed by atoms with Crippen LogP contribution in [0.15, 0.2) is 60.7 Å². The van der Waals surface area contributed by atoms with Crippen LogP contribution in [0, 0.1) is 0 Å². The number of nitrogens with one attached hydrogen (secondary N) is 2. The lowest BCUT2D eigenvalue weighted by molar-refractivity contribution is 0.101. The Morgan fingerprint density at radius 2 is 1.32 bits per heavy atom. The molecule has 0 spiro atoms. The molecular formula is C23H20N2O6. The lowest BCUT2D eigenvalue weighted by Gasteiger charge is -2.16. The van der Waals surface area contributed by atoms with Gasteiger partial charge in [-0.15, -0.1) is 0 Å². The number of ether oxygens (including phenoxy) is 4. The van der Waals surface area contributed by atoms with Crippen molar-refractivity contribution in [3.63, 3.8) is 0 Å². The monoisotopic (exact) mass is 420 g/mol. The first-order chi connectivity index (χ1) is 15.1. The van der Waals surface area contributed by atoms with Gasteiger partial charge in [0, 0.05) is 23.3 Å². The van der Waals surface area contributed by atoms with E-state index in [4.69, 9.17) is 18.9 Å². The lowest BCUT2D eigenvalue weighted by Crippen LogP contribution is -2.15. The van der Waals surface area contributed by atoms with E-state index in [1.165, 1.54) is 14.2 Å². The molecule has 0 fully saturated rings. The molecule has 0 saturated heterocycles. The highest BCUT2D eigenvalue weighted by molar-refractivity contribution is 6.07. The maximum atomic E-state index is 12.8. The summed E-state index contributed by atoms with van der Waals surface area (Å²) in [7, 11) is 2.95. The van der Waals surface area contributed by atoms with Crippen LogP contribution in [0.25, 0.3) is 0 Å². The molecule has 0 bridgehead atoms. The number of hydrogen-bond donors (Lipinski definition) is 2. The average molecular weight is 420 g/mol. The molecule has 0 saturated carbocycles. The summed E-state index contributed by atoms with van der Waals surface area (Å²) >= 11 is 0. The molecule has 2 amide bonds. The second-order valence-corrected chi connectivity index (χ2v) is 6.60. The lowest BCUT2D eigenvalue weighted by atomic mass is 10.1. The molecule has 1 aliphatic heterocycles. The van der Waals surface area contributed by atoms with Crippen LogP contribution < -0.4 is 29.6 Å². The molecule has 8 nitrogen and oxygen atoms in total. The van der Waals surface area contributed by atoms with E-state index in [9.17, 15) is 9.59 Å². The molecule has 0 aromatic heterocycles. The number of carbonyl (C=O) groups excluding carboxylic acids is 2. The molecule has 3 aromatic rings. The normalized spacial score (nSPS) is 11.5. The van der Waals surface area contributed by atoms with Gasteiger partial charge in [-0.1, -0.05) is 18.2 Å². The summed E-state index contributed by atoms with van der Waals surface area (Å²) in [6.07, 6.45) is 0. The minimum atomic E-state index is -0.361. The van der Waals surface area contributed by atoms with E-state index in [1.807, 2.05) is 6.07 Å². The van der Waals surface area contributed by atoms with Crippen molar-refractivity contribution >= 4 is 23.2 Å². The number of rotatable bonds is 6. The molecule has 1 aliphatic rings. The van der Waals surface area contributed by atoms with Crippen molar-refractivity contribution in [3.8, 4) is 23.0 Å². The second kappa shape index (κ2) is 8.66. The fourth-order valence-corrected chi connectivity index (χ4v) is 3.11. The molecule has 0 unspecified atom stereocenters. The van der Waals surface area contributed by atoms with E-state index in [0.29, 0.717) is 45.5 Å². The number of methoxy groups -OCH3 is 2. The largest absolute Gasteiger partial charge is 0.494 e. The van der Waals surface area contributed by atoms with Crippen LogP contribution in [0.5, 0.6) is 23.0 Å². The summed E-state index contributed by atoms with van der Waals surface area (Å²) in [5.74, 6) is 1.17. The zero-order valence-electron chi connectivity index (χ0n) is 16.9. The highest BCUT2D eigenvalue weighted by Gasteiger charge is 2.19. The summed E-state index contributed by atoms with van der Waals surface area (Å²) in [5, 5.41) is 5.61. The summed E-state index contributed by atoms with van der Waals surface area (Å²) in [6, 6.07) is 16.9. The molecule has 8 heteroatoms. The maximum absolute atomic E-state index is 12.8. The Morgan fingerprint density at radius 3 is 1.94 bits per heavy atom. The van der Waals surface area contributed by atoms with E-state index >= 15 is 0 Å². The van der Waals surface area contributed by atoms with Crippen LogP contribution >= 0.6 is 0 Å². The van der Waals surface area contributed by atoms with Crippen LogP contribution in [0.1, 0.15) is 20.7 Å². The van der Waals surface area contributed by atoms with Gasteiger partial charge < -0.3 is 29.6 Å². The van der Waals surface area contributed by atoms with Crippen LogP contribution in [0.4, 0.5) is 11.4 Å². The van der Waals surface area contributed by atoms with Gasteiger partial charge >= 0.3 is 0 Å². The molecule has 0 radical (unpaired) electrons. The summed E-state index contributed by atoms with van der Waals surface area (Å²) in [5.41, 5.74) is 1.70. The Bertz CT molecular complexity index is 1130. The summed E-state index contributed by atoms with van der Waals surface area (Å²) in [6.45, 7) is 0.127. The Hall–Kier alpha value is -4.20. The van der Waals surface area contributed by atoms with Gasteiger partial charge in [0.2, 0.25) is 6.79 Å². The number of amides is 2. The van der Waals surface area contributed by atoms with Crippen LogP contribution in [0.3, 0.4) is 0 Å². The van der Waals surface area contributed by atoms with Crippen molar-refractivity contribution in [1.82, 2.24) is 0 Å². The molecular weight excluding hydrogens is 400 g/mol. The third kappa shape index (κ3) is 4.23. The first-order valence-electron chi connectivity index (χ1n) is 9.42. The number of benzene rings is 3. The molecule has 1 heterocycles. The minimum Gasteiger partial charge on any atom is -0.494 e. The topological polar surface area (TPSA) is 95.1 Å². The van der Waals surface area contributed by atoms with Crippen molar-refractivity contribution < 1.29 is 28.5 Å². The highest BCUT2D eigenvalue weighted by Crippen LogP contribution is 2.37. The van der Waals surface area contributed by atoms with Crippen molar-refractivity contribution in [2.45, 2.75) is 0 Å². The van der Waals surface area contributed by atoms with Gasteiger partial charge in [0.05, 0.1) is 25.6 Å². The van der Waals surface area contributed by atoms with Gasteiger partial charge in [-0.05, 0) is 30.3 Å². The summed E-state index contributed by atoms with van der Waals surface area (Å²) < 4.78 is 21.4. The highest BCUT2D eigenvalue weighted by atomic mass is 16.7. The fourth-order valence-electron chi connectivity index (χ4n) is 3.11. The molecule has 31 heavy (non-hydrogen) atoms. The van der Waals surface area contributed by atoms with Crippen molar-refractivity contribution in [2.24, 2.45) is 0 Å². The molecule has 0 atom stereocenters. The predicted molar refractivity (Wildman–Crippen MR) is 114 cm³/mol.